The van der Waals surface area contributed by atoms with E-state index in [1.165, 1.54) is 19.3 Å². The predicted molar refractivity (Wildman–Crippen MR) is 85.7 cm³/mol. The standard InChI is InChI=1S/C17H25ClN2O/c1-11-3-6-15(7-12(11)2)21-17-16(18)8-13(10-20-17)9-19-14-4-5-14/h8,10-12,14-15,19H,3-7,9H2,1-2H3. The van der Waals surface area contributed by atoms with Crippen LogP contribution in [0.5, 0.6) is 5.88 Å². The lowest BCUT2D eigenvalue weighted by Crippen LogP contribution is -2.29. The van der Waals surface area contributed by atoms with Crippen LogP contribution < -0.4 is 10.1 Å². The SMILES string of the molecule is CC1CCC(Oc2ncc(CNC3CC3)cc2Cl)CC1C. The van der Waals surface area contributed by atoms with Crippen LogP contribution in [0.4, 0.5) is 0 Å². The molecule has 21 heavy (non-hydrogen) atoms. The van der Waals surface area contributed by atoms with Crippen molar-refractivity contribution in [3.05, 3.63) is 22.8 Å². The predicted octanol–water partition coefficient (Wildman–Crippen LogP) is 4.19. The molecule has 0 bridgehead atoms. The Morgan fingerprint density at radius 2 is 2.05 bits per heavy atom. The molecule has 0 saturated heterocycles. The first-order valence-corrected chi connectivity index (χ1v) is 8.54. The van der Waals surface area contributed by atoms with Gasteiger partial charge in [-0.1, -0.05) is 25.4 Å². The lowest BCUT2D eigenvalue weighted by atomic mass is 9.80. The van der Waals surface area contributed by atoms with Crippen LogP contribution in [-0.2, 0) is 6.54 Å². The maximum absolute atomic E-state index is 6.33. The Labute approximate surface area is 132 Å². The topological polar surface area (TPSA) is 34.1 Å². The quantitative estimate of drug-likeness (QED) is 0.885. The summed E-state index contributed by atoms with van der Waals surface area (Å²) < 4.78 is 6.03. The number of nitrogens with one attached hydrogen (secondary N) is 1. The highest BCUT2D eigenvalue weighted by Crippen LogP contribution is 2.33. The fourth-order valence-electron chi connectivity index (χ4n) is 2.96. The van der Waals surface area contributed by atoms with Crippen LogP contribution in [0.3, 0.4) is 0 Å². The molecule has 0 aliphatic heterocycles. The molecule has 3 nitrogen and oxygen atoms in total. The summed E-state index contributed by atoms with van der Waals surface area (Å²) in [6, 6.07) is 2.68. The van der Waals surface area contributed by atoms with Gasteiger partial charge in [-0.15, -0.1) is 0 Å². The average Bonchev–Trinajstić information content (AvgIpc) is 3.27. The zero-order chi connectivity index (χ0) is 14.8. The Balaban J connectivity index is 1.57. The first kappa shape index (κ1) is 15.1. The minimum absolute atomic E-state index is 0.261. The minimum Gasteiger partial charge on any atom is -0.473 e. The molecule has 3 unspecified atom stereocenters. The Bertz CT molecular complexity index is 490. The summed E-state index contributed by atoms with van der Waals surface area (Å²) in [5, 5.41) is 4.11. The van der Waals surface area contributed by atoms with Crippen molar-refractivity contribution in [3.63, 3.8) is 0 Å². The molecule has 2 fully saturated rings. The van der Waals surface area contributed by atoms with E-state index in [0.717, 1.165) is 30.9 Å². The van der Waals surface area contributed by atoms with Gasteiger partial charge < -0.3 is 10.1 Å². The number of hydrogen-bond donors (Lipinski definition) is 1. The Hall–Kier alpha value is -0.800. The van der Waals surface area contributed by atoms with Gasteiger partial charge in [0.1, 0.15) is 11.1 Å². The second-order valence-electron chi connectivity index (χ2n) is 6.79. The molecule has 0 aromatic carbocycles. The zero-order valence-corrected chi connectivity index (χ0v) is 13.7. The smallest absolute Gasteiger partial charge is 0.232 e. The summed E-state index contributed by atoms with van der Waals surface area (Å²) in [7, 11) is 0. The van der Waals surface area contributed by atoms with Crippen molar-refractivity contribution < 1.29 is 4.74 Å². The third kappa shape index (κ3) is 4.10. The lowest BCUT2D eigenvalue weighted by molar-refractivity contribution is 0.0965. The molecule has 4 heteroatoms. The minimum atomic E-state index is 0.261. The highest BCUT2D eigenvalue weighted by molar-refractivity contribution is 6.31. The number of halogens is 1. The van der Waals surface area contributed by atoms with E-state index in [9.17, 15) is 0 Å². The molecular formula is C17H25ClN2O. The normalized spacial score (nSPS) is 29.4. The van der Waals surface area contributed by atoms with Crippen molar-refractivity contribution >= 4 is 11.6 Å². The molecule has 3 atom stereocenters. The summed E-state index contributed by atoms with van der Waals surface area (Å²) >= 11 is 6.33. The zero-order valence-electron chi connectivity index (χ0n) is 12.9. The molecule has 0 amide bonds. The maximum atomic E-state index is 6.33. The first-order chi connectivity index (χ1) is 10.1. The van der Waals surface area contributed by atoms with Crippen LogP contribution in [0.2, 0.25) is 5.02 Å². The first-order valence-electron chi connectivity index (χ1n) is 8.16. The van der Waals surface area contributed by atoms with E-state index in [-0.39, 0.29) is 6.10 Å². The molecule has 1 aromatic rings. The van der Waals surface area contributed by atoms with Gasteiger partial charge in [0.05, 0.1) is 0 Å². The van der Waals surface area contributed by atoms with Gasteiger partial charge in [-0.05, 0) is 55.6 Å². The van der Waals surface area contributed by atoms with Crippen LogP contribution in [0, 0.1) is 11.8 Å². The molecule has 2 aliphatic carbocycles. The lowest BCUT2D eigenvalue weighted by Gasteiger charge is -2.32. The molecule has 2 saturated carbocycles. The van der Waals surface area contributed by atoms with E-state index in [0.29, 0.717) is 22.9 Å². The number of hydrogen-bond acceptors (Lipinski definition) is 3. The van der Waals surface area contributed by atoms with Gasteiger partial charge in [-0.3, -0.25) is 0 Å². The number of ether oxygens (including phenoxy) is 1. The number of pyridine rings is 1. The van der Waals surface area contributed by atoms with Crippen LogP contribution in [0.1, 0.15) is 51.5 Å². The van der Waals surface area contributed by atoms with Gasteiger partial charge in [0.15, 0.2) is 0 Å². The molecule has 116 valence electrons. The number of rotatable bonds is 5. The highest BCUT2D eigenvalue weighted by atomic mass is 35.5. The van der Waals surface area contributed by atoms with Gasteiger partial charge in [0.25, 0.3) is 0 Å². The molecule has 2 aliphatic rings. The number of nitrogens with zero attached hydrogens (tertiary/aromatic N) is 1. The van der Waals surface area contributed by atoms with E-state index < -0.39 is 0 Å². The van der Waals surface area contributed by atoms with Crippen molar-refractivity contribution in [2.24, 2.45) is 11.8 Å². The van der Waals surface area contributed by atoms with Gasteiger partial charge in [-0.2, -0.15) is 0 Å². The van der Waals surface area contributed by atoms with Crippen LogP contribution in [-0.4, -0.2) is 17.1 Å². The van der Waals surface area contributed by atoms with Crippen LogP contribution >= 0.6 is 11.6 Å². The fourth-order valence-corrected chi connectivity index (χ4v) is 3.19. The second-order valence-corrected chi connectivity index (χ2v) is 7.20. The van der Waals surface area contributed by atoms with E-state index in [4.69, 9.17) is 16.3 Å². The number of aromatic nitrogens is 1. The third-order valence-electron chi connectivity index (χ3n) is 4.86. The summed E-state index contributed by atoms with van der Waals surface area (Å²) in [5.74, 6) is 2.10. The maximum Gasteiger partial charge on any atom is 0.232 e. The van der Waals surface area contributed by atoms with Crippen molar-refractivity contribution in [3.8, 4) is 5.88 Å². The van der Waals surface area contributed by atoms with Gasteiger partial charge in [0.2, 0.25) is 5.88 Å². The molecule has 0 radical (unpaired) electrons. The molecule has 0 spiro atoms. The van der Waals surface area contributed by atoms with Crippen LogP contribution in [0.15, 0.2) is 12.3 Å². The second kappa shape index (κ2) is 6.53. The monoisotopic (exact) mass is 308 g/mol. The highest BCUT2D eigenvalue weighted by Gasteiger charge is 2.26. The van der Waals surface area contributed by atoms with E-state index in [2.05, 4.69) is 24.1 Å². The summed E-state index contributed by atoms with van der Waals surface area (Å²) in [4.78, 5) is 4.42. The van der Waals surface area contributed by atoms with E-state index in [1.807, 2.05) is 12.3 Å². The van der Waals surface area contributed by atoms with Crippen molar-refractivity contribution in [1.29, 1.82) is 0 Å². The Morgan fingerprint density at radius 3 is 2.71 bits per heavy atom. The Kier molecular flexibility index (Phi) is 4.70. The fraction of sp³-hybridized carbons (Fsp3) is 0.706. The average molecular weight is 309 g/mol. The molecule has 1 N–H and O–H groups in total. The van der Waals surface area contributed by atoms with Crippen LogP contribution in [0.25, 0.3) is 0 Å². The molecule has 1 aromatic heterocycles. The van der Waals surface area contributed by atoms with Gasteiger partial charge in [-0.25, -0.2) is 4.98 Å². The molecular weight excluding hydrogens is 284 g/mol. The van der Waals surface area contributed by atoms with Crippen molar-refractivity contribution in [2.75, 3.05) is 0 Å². The largest absolute Gasteiger partial charge is 0.473 e. The molecule has 3 rings (SSSR count). The summed E-state index contributed by atoms with van der Waals surface area (Å²) in [6.07, 6.45) is 8.16. The Morgan fingerprint density at radius 1 is 1.24 bits per heavy atom. The van der Waals surface area contributed by atoms with Gasteiger partial charge in [0, 0.05) is 18.8 Å². The van der Waals surface area contributed by atoms with Crippen molar-refractivity contribution in [2.45, 2.75) is 64.6 Å². The van der Waals surface area contributed by atoms with E-state index in [1.54, 1.807) is 0 Å². The van der Waals surface area contributed by atoms with Crippen molar-refractivity contribution in [1.82, 2.24) is 10.3 Å². The summed E-state index contributed by atoms with van der Waals surface area (Å²) in [5.41, 5.74) is 1.13. The molecule has 1 heterocycles. The summed E-state index contributed by atoms with van der Waals surface area (Å²) in [6.45, 7) is 5.48. The van der Waals surface area contributed by atoms with E-state index >= 15 is 0 Å². The third-order valence-corrected chi connectivity index (χ3v) is 5.14. The van der Waals surface area contributed by atoms with Gasteiger partial charge >= 0.3 is 0 Å².